The lowest BCUT2D eigenvalue weighted by Crippen LogP contribution is -2.34. The van der Waals surface area contributed by atoms with E-state index in [1.54, 1.807) is 6.20 Å². The molecule has 3 heterocycles. The third kappa shape index (κ3) is 3.53. The Morgan fingerprint density at radius 2 is 1.88 bits per heavy atom. The lowest BCUT2D eigenvalue weighted by Gasteiger charge is -2.33. The maximum absolute atomic E-state index is 4.74. The van der Waals surface area contributed by atoms with Gasteiger partial charge in [-0.1, -0.05) is 37.3 Å². The number of benzene rings is 1. The summed E-state index contributed by atoms with van der Waals surface area (Å²) in [5.41, 5.74) is 2.47. The molecule has 0 unspecified atom stereocenters. The van der Waals surface area contributed by atoms with Crippen molar-refractivity contribution in [3.05, 3.63) is 72.2 Å². The summed E-state index contributed by atoms with van der Waals surface area (Å²) in [4.78, 5) is 16.4. The molecule has 1 aliphatic heterocycles. The zero-order valence-corrected chi connectivity index (χ0v) is 15.3. The van der Waals surface area contributed by atoms with Crippen molar-refractivity contribution in [2.24, 2.45) is 0 Å². The number of piperidine rings is 1. The standard InChI is InChI=1S/C21H25N5/c1-2-19-22-12-14-26(19)21-20(23-10-11-24-21)18-9-6-13-25(16-18)15-17-7-4-3-5-8-17/h3-5,7-8,10-12,14,18H,2,6,9,13,15-16H2,1H3/t18-/m0/s1. The first-order valence-electron chi connectivity index (χ1n) is 9.45. The van der Waals surface area contributed by atoms with Crippen molar-refractivity contribution < 1.29 is 0 Å². The van der Waals surface area contributed by atoms with Gasteiger partial charge in [0.05, 0.1) is 5.69 Å². The molecule has 0 saturated carbocycles. The number of nitrogens with zero attached hydrogens (tertiary/aromatic N) is 5. The van der Waals surface area contributed by atoms with E-state index in [1.165, 1.54) is 12.0 Å². The van der Waals surface area contributed by atoms with Crippen molar-refractivity contribution in [2.45, 2.75) is 38.6 Å². The van der Waals surface area contributed by atoms with Crippen LogP contribution in [0.2, 0.25) is 0 Å². The SMILES string of the molecule is CCc1nccn1-c1nccnc1[C@H]1CCCN(Cc2ccccc2)C1. The van der Waals surface area contributed by atoms with Crippen LogP contribution in [0.1, 0.15) is 42.8 Å². The van der Waals surface area contributed by atoms with Crippen molar-refractivity contribution in [2.75, 3.05) is 13.1 Å². The first-order valence-corrected chi connectivity index (χ1v) is 9.45. The lowest BCUT2D eigenvalue weighted by atomic mass is 9.94. The third-order valence-corrected chi connectivity index (χ3v) is 5.11. The molecule has 0 radical (unpaired) electrons. The summed E-state index contributed by atoms with van der Waals surface area (Å²) in [7, 11) is 0. The first kappa shape index (κ1) is 16.9. The summed E-state index contributed by atoms with van der Waals surface area (Å²) < 4.78 is 2.10. The smallest absolute Gasteiger partial charge is 0.160 e. The Balaban J connectivity index is 1.58. The number of imidazole rings is 1. The number of likely N-dealkylation sites (tertiary alicyclic amines) is 1. The molecular weight excluding hydrogens is 322 g/mol. The van der Waals surface area contributed by atoms with E-state index in [2.05, 4.69) is 56.7 Å². The average Bonchev–Trinajstić information content (AvgIpc) is 3.18. The molecule has 0 bridgehead atoms. The summed E-state index contributed by atoms with van der Waals surface area (Å²) in [6, 6.07) is 10.7. The molecule has 0 N–H and O–H groups in total. The molecule has 1 saturated heterocycles. The van der Waals surface area contributed by atoms with Gasteiger partial charge in [-0.05, 0) is 24.9 Å². The van der Waals surface area contributed by atoms with Gasteiger partial charge in [0.1, 0.15) is 5.82 Å². The monoisotopic (exact) mass is 347 g/mol. The van der Waals surface area contributed by atoms with E-state index in [1.807, 2.05) is 18.6 Å². The molecule has 1 aromatic carbocycles. The molecule has 1 aliphatic rings. The van der Waals surface area contributed by atoms with Crippen LogP contribution >= 0.6 is 0 Å². The van der Waals surface area contributed by atoms with E-state index in [9.17, 15) is 0 Å². The fourth-order valence-corrected chi connectivity index (χ4v) is 3.87. The van der Waals surface area contributed by atoms with Gasteiger partial charge in [0.25, 0.3) is 0 Å². The van der Waals surface area contributed by atoms with Crippen molar-refractivity contribution in [1.82, 2.24) is 24.4 Å². The van der Waals surface area contributed by atoms with Crippen LogP contribution in [0.5, 0.6) is 0 Å². The second-order valence-electron chi connectivity index (χ2n) is 6.89. The lowest BCUT2D eigenvalue weighted by molar-refractivity contribution is 0.198. The van der Waals surface area contributed by atoms with E-state index >= 15 is 0 Å². The third-order valence-electron chi connectivity index (χ3n) is 5.11. The topological polar surface area (TPSA) is 46.8 Å². The number of aromatic nitrogens is 4. The summed E-state index contributed by atoms with van der Waals surface area (Å²) in [6.07, 6.45) is 10.7. The molecule has 1 fully saturated rings. The van der Waals surface area contributed by atoms with Crippen LogP contribution in [0.25, 0.3) is 5.82 Å². The van der Waals surface area contributed by atoms with E-state index < -0.39 is 0 Å². The molecule has 0 spiro atoms. The molecule has 134 valence electrons. The molecule has 3 aromatic rings. The maximum Gasteiger partial charge on any atom is 0.160 e. The van der Waals surface area contributed by atoms with Crippen molar-refractivity contribution in [3.63, 3.8) is 0 Å². The molecule has 2 aromatic heterocycles. The highest BCUT2D eigenvalue weighted by atomic mass is 15.2. The van der Waals surface area contributed by atoms with Gasteiger partial charge in [-0.25, -0.2) is 9.97 Å². The fourth-order valence-electron chi connectivity index (χ4n) is 3.87. The van der Waals surface area contributed by atoms with E-state index in [0.717, 1.165) is 49.8 Å². The second-order valence-corrected chi connectivity index (χ2v) is 6.89. The van der Waals surface area contributed by atoms with Crippen LogP contribution in [0.15, 0.2) is 55.1 Å². The molecule has 4 rings (SSSR count). The van der Waals surface area contributed by atoms with Crippen LogP contribution < -0.4 is 0 Å². The van der Waals surface area contributed by atoms with Gasteiger partial charge in [-0.15, -0.1) is 0 Å². The van der Waals surface area contributed by atoms with Crippen LogP contribution in [0.4, 0.5) is 0 Å². The first-order chi connectivity index (χ1) is 12.8. The van der Waals surface area contributed by atoms with Crippen LogP contribution in [0.3, 0.4) is 0 Å². The Kier molecular flexibility index (Phi) is 5.07. The zero-order chi connectivity index (χ0) is 17.8. The van der Waals surface area contributed by atoms with Crippen LogP contribution in [0, 0.1) is 0 Å². The van der Waals surface area contributed by atoms with Gasteiger partial charge < -0.3 is 0 Å². The average molecular weight is 347 g/mol. The van der Waals surface area contributed by atoms with Gasteiger partial charge in [0.2, 0.25) is 0 Å². The van der Waals surface area contributed by atoms with Crippen molar-refractivity contribution in [1.29, 1.82) is 0 Å². The van der Waals surface area contributed by atoms with Crippen LogP contribution in [-0.2, 0) is 13.0 Å². The molecule has 5 heteroatoms. The molecule has 0 aliphatic carbocycles. The van der Waals surface area contributed by atoms with E-state index in [4.69, 9.17) is 4.98 Å². The summed E-state index contributed by atoms with van der Waals surface area (Å²) >= 11 is 0. The van der Waals surface area contributed by atoms with E-state index in [0.29, 0.717) is 5.92 Å². The predicted octanol–water partition coefficient (Wildman–Crippen LogP) is 3.60. The Bertz CT molecular complexity index is 842. The minimum absolute atomic E-state index is 0.406. The Hall–Kier alpha value is -2.53. The van der Waals surface area contributed by atoms with Gasteiger partial charge in [0.15, 0.2) is 5.82 Å². The van der Waals surface area contributed by atoms with Crippen LogP contribution in [-0.4, -0.2) is 37.5 Å². The maximum atomic E-state index is 4.74. The molecule has 26 heavy (non-hydrogen) atoms. The van der Waals surface area contributed by atoms with Gasteiger partial charge >= 0.3 is 0 Å². The van der Waals surface area contributed by atoms with Gasteiger partial charge in [-0.2, -0.15) is 0 Å². The molecule has 5 nitrogen and oxygen atoms in total. The Morgan fingerprint density at radius 1 is 1.04 bits per heavy atom. The highest BCUT2D eigenvalue weighted by Gasteiger charge is 2.26. The quantitative estimate of drug-likeness (QED) is 0.707. The second kappa shape index (κ2) is 7.79. The Labute approximate surface area is 154 Å². The number of aryl methyl sites for hydroxylation is 1. The largest absolute Gasteiger partial charge is 0.298 e. The number of hydrogen-bond donors (Lipinski definition) is 0. The van der Waals surface area contributed by atoms with Crippen molar-refractivity contribution in [3.8, 4) is 5.82 Å². The number of hydrogen-bond acceptors (Lipinski definition) is 4. The minimum atomic E-state index is 0.406. The highest BCUT2D eigenvalue weighted by molar-refractivity contribution is 5.33. The molecule has 1 atom stereocenters. The molecular formula is C21H25N5. The summed E-state index contributed by atoms with van der Waals surface area (Å²) in [5, 5.41) is 0. The number of rotatable bonds is 5. The summed E-state index contributed by atoms with van der Waals surface area (Å²) in [5.74, 6) is 2.38. The fraction of sp³-hybridized carbons (Fsp3) is 0.381. The predicted molar refractivity (Wildman–Crippen MR) is 102 cm³/mol. The highest BCUT2D eigenvalue weighted by Crippen LogP contribution is 2.29. The van der Waals surface area contributed by atoms with Gasteiger partial charge in [0, 0.05) is 50.2 Å². The van der Waals surface area contributed by atoms with Gasteiger partial charge in [-0.3, -0.25) is 14.5 Å². The van der Waals surface area contributed by atoms with E-state index in [-0.39, 0.29) is 0 Å². The summed E-state index contributed by atoms with van der Waals surface area (Å²) in [6.45, 7) is 5.29. The van der Waals surface area contributed by atoms with Crippen molar-refractivity contribution >= 4 is 0 Å². The normalized spacial score (nSPS) is 18.1. The minimum Gasteiger partial charge on any atom is -0.298 e. The zero-order valence-electron chi connectivity index (χ0n) is 15.3. The molecule has 0 amide bonds. The Morgan fingerprint density at radius 3 is 2.73 bits per heavy atom.